The van der Waals surface area contributed by atoms with Gasteiger partial charge in [0.25, 0.3) is 0 Å². The van der Waals surface area contributed by atoms with Crippen LogP contribution in [0.1, 0.15) is 38.1 Å². The van der Waals surface area contributed by atoms with Gasteiger partial charge in [0, 0.05) is 13.1 Å². The topological polar surface area (TPSA) is 40.2 Å². The second-order valence-electron chi connectivity index (χ2n) is 7.12. The van der Waals surface area contributed by atoms with E-state index in [4.69, 9.17) is 18.9 Å². The van der Waals surface area contributed by atoms with Crippen molar-refractivity contribution in [2.45, 2.75) is 45.8 Å². The minimum Gasteiger partial charge on any atom is -0.496 e. The Balaban J connectivity index is 1.83. The fourth-order valence-corrected chi connectivity index (χ4v) is 3.48. The Hall–Kier alpha value is -2.24. The van der Waals surface area contributed by atoms with Crippen molar-refractivity contribution in [1.82, 2.24) is 4.90 Å². The van der Waals surface area contributed by atoms with Gasteiger partial charge in [-0.15, -0.1) is 0 Å². The van der Waals surface area contributed by atoms with Crippen LogP contribution in [0, 0.1) is 0 Å². The van der Waals surface area contributed by atoms with Crippen LogP contribution in [0.2, 0.25) is 0 Å². The molecule has 1 fully saturated rings. The molecule has 1 heterocycles. The molecule has 0 radical (unpaired) electrons. The van der Waals surface area contributed by atoms with Crippen molar-refractivity contribution < 1.29 is 18.9 Å². The van der Waals surface area contributed by atoms with Crippen LogP contribution in [0.4, 0.5) is 0 Å². The Morgan fingerprint density at radius 2 is 1.67 bits per heavy atom. The van der Waals surface area contributed by atoms with Gasteiger partial charge in [-0.1, -0.05) is 18.2 Å². The van der Waals surface area contributed by atoms with Crippen molar-refractivity contribution in [3.63, 3.8) is 0 Å². The molecule has 0 amide bonds. The third-order valence-corrected chi connectivity index (χ3v) is 4.58. The van der Waals surface area contributed by atoms with Gasteiger partial charge in [-0.05, 0) is 50.6 Å². The summed E-state index contributed by atoms with van der Waals surface area (Å²) in [6.45, 7) is 7.77. The first-order chi connectivity index (χ1) is 13.0. The molecule has 0 bridgehead atoms. The van der Waals surface area contributed by atoms with Crippen molar-refractivity contribution in [2.24, 2.45) is 0 Å². The molecule has 1 aliphatic heterocycles. The number of ether oxygens (including phenoxy) is 4. The first-order valence-corrected chi connectivity index (χ1v) is 9.37. The molecule has 0 aromatic heterocycles. The van der Waals surface area contributed by atoms with Gasteiger partial charge in [0.15, 0.2) is 0 Å². The largest absolute Gasteiger partial charge is 0.496 e. The van der Waals surface area contributed by atoms with E-state index >= 15 is 0 Å². The summed E-state index contributed by atoms with van der Waals surface area (Å²) in [6, 6.07) is 14.1. The first kappa shape index (κ1) is 19.5. The van der Waals surface area contributed by atoms with E-state index in [1.165, 1.54) is 5.56 Å². The molecule has 3 rings (SSSR count). The predicted octanol–water partition coefficient (Wildman–Crippen LogP) is 4.41. The fraction of sp³-hybridized carbons (Fsp3) is 0.455. The molecular formula is C22H29NO4. The van der Waals surface area contributed by atoms with E-state index in [0.29, 0.717) is 0 Å². The van der Waals surface area contributed by atoms with Crippen molar-refractivity contribution in [3.05, 3.63) is 53.6 Å². The number of benzene rings is 2. The smallest absolute Gasteiger partial charge is 0.144 e. The highest BCUT2D eigenvalue weighted by molar-refractivity contribution is 5.46. The van der Waals surface area contributed by atoms with Gasteiger partial charge in [0.05, 0.1) is 32.0 Å². The number of methoxy groups -OCH3 is 2. The average Bonchev–Trinajstić information content (AvgIpc) is 3.01. The molecule has 2 aromatic rings. The Bertz CT molecular complexity index is 722. The van der Waals surface area contributed by atoms with Gasteiger partial charge in [-0.2, -0.15) is 0 Å². The van der Waals surface area contributed by atoms with Gasteiger partial charge < -0.3 is 18.9 Å². The van der Waals surface area contributed by atoms with Crippen LogP contribution in [0.15, 0.2) is 42.5 Å². The molecule has 0 N–H and O–H groups in total. The number of hydrogen-bond acceptors (Lipinski definition) is 5. The van der Waals surface area contributed by atoms with Crippen LogP contribution in [0.25, 0.3) is 0 Å². The van der Waals surface area contributed by atoms with E-state index in [0.717, 1.165) is 35.9 Å². The maximum absolute atomic E-state index is 6.23. The SMILES string of the molecule is COc1cccc(OC)c1[C@H]1OC(C)CN1Cc1ccc(OC(C)C)cc1. The number of hydrogen-bond donors (Lipinski definition) is 0. The highest BCUT2D eigenvalue weighted by atomic mass is 16.5. The van der Waals surface area contributed by atoms with Crippen molar-refractivity contribution in [2.75, 3.05) is 20.8 Å². The second kappa shape index (κ2) is 8.63. The molecule has 0 saturated carbocycles. The van der Waals surface area contributed by atoms with Gasteiger partial charge in [0.2, 0.25) is 0 Å². The van der Waals surface area contributed by atoms with Crippen LogP contribution in [0.3, 0.4) is 0 Å². The molecule has 0 spiro atoms. The molecule has 5 nitrogen and oxygen atoms in total. The summed E-state index contributed by atoms with van der Waals surface area (Å²) in [5, 5.41) is 0. The standard InChI is InChI=1S/C22H29NO4/c1-15(2)26-18-11-9-17(10-12-18)14-23-13-16(3)27-22(23)21-19(24-4)7-6-8-20(21)25-5/h6-12,15-16,22H,13-14H2,1-5H3/t16?,22-/m1/s1. The monoisotopic (exact) mass is 371 g/mol. The number of nitrogens with zero attached hydrogens (tertiary/aromatic N) is 1. The summed E-state index contributed by atoms with van der Waals surface area (Å²) in [6.07, 6.45) is 0.0944. The maximum atomic E-state index is 6.23. The van der Waals surface area contributed by atoms with Crippen molar-refractivity contribution in [3.8, 4) is 17.2 Å². The first-order valence-electron chi connectivity index (χ1n) is 9.37. The summed E-state index contributed by atoms with van der Waals surface area (Å²) in [5.74, 6) is 2.45. The van der Waals surface area contributed by atoms with Crippen LogP contribution >= 0.6 is 0 Å². The molecule has 1 saturated heterocycles. The zero-order chi connectivity index (χ0) is 19.4. The lowest BCUT2D eigenvalue weighted by Gasteiger charge is -2.26. The van der Waals surface area contributed by atoms with Crippen LogP contribution < -0.4 is 14.2 Å². The molecule has 2 aromatic carbocycles. The third-order valence-electron chi connectivity index (χ3n) is 4.58. The van der Waals surface area contributed by atoms with E-state index in [-0.39, 0.29) is 18.4 Å². The van der Waals surface area contributed by atoms with Crippen LogP contribution in [0.5, 0.6) is 17.2 Å². The van der Waals surface area contributed by atoms with E-state index in [1.807, 2.05) is 44.2 Å². The lowest BCUT2D eigenvalue weighted by atomic mass is 10.1. The van der Waals surface area contributed by atoms with E-state index < -0.39 is 0 Å². The van der Waals surface area contributed by atoms with Gasteiger partial charge in [-0.25, -0.2) is 0 Å². The Morgan fingerprint density at radius 1 is 1.04 bits per heavy atom. The Labute approximate surface area is 161 Å². The summed E-state index contributed by atoms with van der Waals surface area (Å²) < 4.78 is 23.1. The Morgan fingerprint density at radius 3 is 2.22 bits per heavy atom. The minimum atomic E-state index is -0.210. The summed E-state index contributed by atoms with van der Waals surface area (Å²) in [4.78, 5) is 2.31. The molecule has 1 unspecified atom stereocenters. The van der Waals surface area contributed by atoms with Gasteiger partial charge in [0.1, 0.15) is 23.5 Å². The van der Waals surface area contributed by atoms with Gasteiger partial charge >= 0.3 is 0 Å². The quantitative estimate of drug-likeness (QED) is 0.721. The van der Waals surface area contributed by atoms with Gasteiger partial charge in [-0.3, -0.25) is 4.90 Å². The molecular weight excluding hydrogens is 342 g/mol. The van der Waals surface area contributed by atoms with Crippen molar-refractivity contribution in [1.29, 1.82) is 0 Å². The third kappa shape index (κ3) is 4.54. The zero-order valence-electron chi connectivity index (χ0n) is 16.8. The van der Waals surface area contributed by atoms with Crippen LogP contribution in [-0.4, -0.2) is 37.9 Å². The Kier molecular flexibility index (Phi) is 6.24. The zero-order valence-corrected chi connectivity index (χ0v) is 16.8. The minimum absolute atomic E-state index is 0.133. The summed E-state index contributed by atoms with van der Waals surface area (Å²) in [5.41, 5.74) is 2.15. The second-order valence-corrected chi connectivity index (χ2v) is 7.12. The molecule has 146 valence electrons. The molecule has 5 heteroatoms. The normalized spacial score (nSPS) is 20.1. The molecule has 2 atom stereocenters. The molecule has 27 heavy (non-hydrogen) atoms. The average molecular weight is 371 g/mol. The highest BCUT2D eigenvalue weighted by Gasteiger charge is 2.35. The van der Waals surface area contributed by atoms with E-state index in [9.17, 15) is 0 Å². The molecule has 0 aliphatic carbocycles. The van der Waals surface area contributed by atoms with E-state index in [1.54, 1.807) is 14.2 Å². The lowest BCUT2D eigenvalue weighted by molar-refractivity contribution is -0.00143. The fourth-order valence-electron chi connectivity index (χ4n) is 3.48. The number of rotatable bonds is 7. The van der Waals surface area contributed by atoms with E-state index in [2.05, 4.69) is 24.0 Å². The highest BCUT2D eigenvalue weighted by Crippen LogP contribution is 2.41. The van der Waals surface area contributed by atoms with Crippen LogP contribution in [-0.2, 0) is 11.3 Å². The maximum Gasteiger partial charge on any atom is 0.144 e. The lowest BCUT2D eigenvalue weighted by Crippen LogP contribution is -2.24. The molecule has 1 aliphatic rings. The summed E-state index contributed by atoms with van der Waals surface area (Å²) in [7, 11) is 3.35. The predicted molar refractivity (Wildman–Crippen MR) is 105 cm³/mol. The summed E-state index contributed by atoms with van der Waals surface area (Å²) >= 11 is 0. The van der Waals surface area contributed by atoms with Crippen molar-refractivity contribution >= 4 is 0 Å².